The molecule has 0 aromatic carbocycles. The number of likely N-dealkylation sites (N-methyl/N-ethyl adjacent to an activating group) is 1. The van der Waals surface area contributed by atoms with Crippen molar-refractivity contribution in [2.45, 2.75) is 32.2 Å². The summed E-state index contributed by atoms with van der Waals surface area (Å²) in [5, 5.41) is 3.29. The molecule has 0 saturated carbocycles. The van der Waals surface area contributed by atoms with Crippen molar-refractivity contribution in [3.05, 3.63) is 0 Å². The molecule has 0 aromatic heterocycles. The topological polar surface area (TPSA) is 55.1 Å². The Kier molecular flexibility index (Phi) is 8.49. The molecule has 78 valence electrons. The third kappa shape index (κ3) is 6.07. The largest absolute Gasteiger partial charge is 0.330 e. The third-order valence-corrected chi connectivity index (χ3v) is 2.72. The Morgan fingerprint density at radius 2 is 2.23 bits per heavy atom. The standard InChI is InChI=1S/C9H20N2OS/c1-3-13-9(12)8(11-2)6-4-5-7-10/h8,11H,3-7,10H2,1-2H3/t8-/m0/s1. The maximum atomic E-state index is 11.4. The summed E-state index contributed by atoms with van der Waals surface area (Å²) in [6.07, 6.45) is 2.93. The number of nitrogens with one attached hydrogen (secondary N) is 1. The third-order valence-electron chi connectivity index (χ3n) is 1.87. The first-order valence-corrected chi connectivity index (χ1v) is 5.78. The fourth-order valence-electron chi connectivity index (χ4n) is 1.12. The molecule has 0 saturated heterocycles. The molecule has 0 aliphatic carbocycles. The number of nitrogens with two attached hydrogens (primary N) is 1. The zero-order valence-corrected chi connectivity index (χ0v) is 9.32. The van der Waals surface area contributed by atoms with E-state index >= 15 is 0 Å². The van der Waals surface area contributed by atoms with Crippen molar-refractivity contribution < 1.29 is 4.79 Å². The van der Waals surface area contributed by atoms with Crippen LogP contribution in [0.1, 0.15) is 26.2 Å². The van der Waals surface area contributed by atoms with Gasteiger partial charge in [0.2, 0.25) is 5.12 Å². The second-order valence-corrected chi connectivity index (χ2v) is 4.15. The highest BCUT2D eigenvalue weighted by atomic mass is 32.2. The van der Waals surface area contributed by atoms with Gasteiger partial charge in [-0.15, -0.1) is 0 Å². The van der Waals surface area contributed by atoms with E-state index in [1.807, 2.05) is 14.0 Å². The highest BCUT2D eigenvalue weighted by molar-refractivity contribution is 8.13. The van der Waals surface area contributed by atoms with E-state index in [0.717, 1.165) is 25.0 Å². The van der Waals surface area contributed by atoms with Gasteiger partial charge in [-0.2, -0.15) is 0 Å². The summed E-state index contributed by atoms with van der Waals surface area (Å²) in [7, 11) is 1.83. The summed E-state index contributed by atoms with van der Waals surface area (Å²) in [6, 6.07) is 0.0106. The highest BCUT2D eigenvalue weighted by Gasteiger charge is 2.14. The van der Waals surface area contributed by atoms with Gasteiger partial charge in [0.05, 0.1) is 6.04 Å². The second kappa shape index (κ2) is 8.53. The molecule has 0 spiro atoms. The first-order valence-electron chi connectivity index (χ1n) is 4.80. The summed E-state index contributed by atoms with van der Waals surface area (Å²) in [6.45, 7) is 2.71. The number of hydrogen-bond donors (Lipinski definition) is 2. The molecule has 0 heterocycles. The highest BCUT2D eigenvalue weighted by Crippen LogP contribution is 2.10. The SMILES string of the molecule is CCSC(=O)[C@H](CCCCN)NC. The van der Waals surface area contributed by atoms with Gasteiger partial charge in [0.15, 0.2) is 0 Å². The molecule has 1 atom stereocenters. The monoisotopic (exact) mass is 204 g/mol. The van der Waals surface area contributed by atoms with Gasteiger partial charge in [-0.3, -0.25) is 4.79 Å². The summed E-state index contributed by atoms with van der Waals surface area (Å²) in [5.74, 6) is 0.855. The minimum Gasteiger partial charge on any atom is -0.330 e. The van der Waals surface area contributed by atoms with Crippen molar-refractivity contribution in [1.29, 1.82) is 0 Å². The van der Waals surface area contributed by atoms with E-state index in [9.17, 15) is 4.79 Å². The average molecular weight is 204 g/mol. The first kappa shape index (κ1) is 12.9. The maximum absolute atomic E-state index is 11.4. The quantitative estimate of drug-likeness (QED) is 0.607. The average Bonchev–Trinajstić information content (AvgIpc) is 2.13. The van der Waals surface area contributed by atoms with E-state index in [1.165, 1.54) is 11.8 Å². The normalized spacial score (nSPS) is 12.8. The maximum Gasteiger partial charge on any atom is 0.205 e. The van der Waals surface area contributed by atoms with E-state index in [-0.39, 0.29) is 11.2 Å². The Balaban J connectivity index is 3.67. The zero-order chi connectivity index (χ0) is 10.1. The van der Waals surface area contributed by atoms with Crippen molar-refractivity contribution in [2.24, 2.45) is 5.73 Å². The predicted octanol–water partition coefficient (Wildman–Crippen LogP) is 0.983. The summed E-state index contributed by atoms with van der Waals surface area (Å²) in [5.41, 5.74) is 5.38. The molecule has 0 fully saturated rings. The lowest BCUT2D eigenvalue weighted by Crippen LogP contribution is -2.32. The van der Waals surface area contributed by atoms with Gasteiger partial charge in [-0.05, 0) is 32.2 Å². The molecule has 0 aromatic rings. The van der Waals surface area contributed by atoms with E-state index in [4.69, 9.17) is 5.73 Å². The molecule has 4 heteroatoms. The van der Waals surface area contributed by atoms with Crippen LogP contribution in [-0.2, 0) is 4.79 Å². The van der Waals surface area contributed by atoms with Gasteiger partial charge < -0.3 is 11.1 Å². The van der Waals surface area contributed by atoms with Gasteiger partial charge in [0.25, 0.3) is 0 Å². The van der Waals surface area contributed by atoms with Crippen LogP contribution in [0.4, 0.5) is 0 Å². The van der Waals surface area contributed by atoms with Crippen LogP contribution in [0.2, 0.25) is 0 Å². The molecular formula is C9H20N2OS. The Hall–Kier alpha value is -0.0600. The molecule has 0 bridgehead atoms. The number of thioether (sulfide) groups is 1. The smallest absolute Gasteiger partial charge is 0.205 e. The molecule has 0 aliphatic heterocycles. The van der Waals surface area contributed by atoms with E-state index < -0.39 is 0 Å². The van der Waals surface area contributed by atoms with Crippen LogP contribution in [-0.4, -0.2) is 30.5 Å². The van der Waals surface area contributed by atoms with E-state index in [1.54, 1.807) is 0 Å². The van der Waals surface area contributed by atoms with Crippen LogP contribution in [0.25, 0.3) is 0 Å². The number of unbranched alkanes of at least 4 members (excludes halogenated alkanes) is 1. The van der Waals surface area contributed by atoms with Crippen LogP contribution in [0.15, 0.2) is 0 Å². The van der Waals surface area contributed by atoms with Crippen molar-refractivity contribution in [1.82, 2.24) is 5.32 Å². The fourth-order valence-corrected chi connectivity index (χ4v) is 1.84. The first-order chi connectivity index (χ1) is 6.26. The number of carbonyl (C=O) groups is 1. The van der Waals surface area contributed by atoms with Crippen molar-refractivity contribution in [3.8, 4) is 0 Å². The van der Waals surface area contributed by atoms with Gasteiger partial charge in [-0.25, -0.2) is 0 Å². The molecule has 0 aliphatic rings. The molecule has 0 rings (SSSR count). The summed E-state index contributed by atoms with van der Waals surface area (Å²) >= 11 is 1.39. The lowest BCUT2D eigenvalue weighted by Gasteiger charge is -2.13. The zero-order valence-electron chi connectivity index (χ0n) is 8.51. The van der Waals surface area contributed by atoms with Gasteiger partial charge in [-0.1, -0.05) is 25.1 Å². The predicted molar refractivity (Wildman–Crippen MR) is 58.9 cm³/mol. The van der Waals surface area contributed by atoms with Crippen molar-refractivity contribution in [3.63, 3.8) is 0 Å². The molecule has 13 heavy (non-hydrogen) atoms. The lowest BCUT2D eigenvalue weighted by molar-refractivity contribution is -0.112. The summed E-state index contributed by atoms with van der Waals surface area (Å²) < 4.78 is 0. The number of hydrogen-bond acceptors (Lipinski definition) is 4. The minimum absolute atomic E-state index is 0.0106. The lowest BCUT2D eigenvalue weighted by atomic mass is 10.1. The van der Waals surface area contributed by atoms with Crippen molar-refractivity contribution in [2.75, 3.05) is 19.3 Å². The second-order valence-electron chi connectivity index (χ2n) is 2.88. The van der Waals surface area contributed by atoms with Crippen LogP contribution >= 0.6 is 11.8 Å². The molecule has 3 N–H and O–H groups in total. The van der Waals surface area contributed by atoms with Gasteiger partial charge in [0, 0.05) is 0 Å². The van der Waals surface area contributed by atoms with Gasteiger partial charge in [0.1, 0.15) is 0 Å². The van der Waals surface area contributed by atoms with E-state index in [0.29, 0.717) is 6.54 Å². The van der Waals surface area contributed by atoms with Crippen LogP contribution < -0.4 is 11.1 Å². The Morgan fingerprint density at radius 3 is 2.69 bits per heavy atom. The molecular weight excluding hydrogens is 184 g/mol. The van der Waals surface area contributed by atoms with Crippen molar-refractivity contribution >= 4 is 16.9 Å². The number of rotatable bonds is 7. The summed E-state index contributed by atoms with van der Waals surface area (Å²) in [4.78, 5) is 11.4. The molecule has 0 unspecified atom stereocenters. The molecule has 0 amide bonds. The minimum atomic E-state index is 0.0106. The van der Waals surface area contributed by atoms with Crippen LogP contribution in [0, 0.1) is 0 Å². The van der Waals surface area contributed by atoms with Crippen LogP contribution in [0.3, 0.4) is 0 Å². The van der Waals surface area contributed by atoms with Gasteiger partial charge >= 0.3 is 0 Å². The van der Waals surface area contributed by atoms with Crippen LogP contribution in [0.5, 0.6) is 0 Å². The molecule has 3 nitrogen and oxygen atoms in total. The fraction of sp³-hybridized carbons (Fsp3) is 0.889. The van der Waals surface area contributed by atoms with E-state index in [2.05, 4.69) is 5.32 Å². The Morgan fingerprint density at radius 1 is 1.54 bits per heavy atom. The Labute approximate surface area is 84.8 Å². The Bertz CT molecular complexity index is 142. The molecule has 0 radical (unpaired) electrons. The number of carbonyl (C=O) groups excluding carboxylic acids is 1.